The normalized spacial score (nSPS) is 11.9. The van der Waals surface area contributed by atoms with Gasteiger partial charge in [-0.1, -0.05) is 15.9 Å². The van der Waals surface area contributed by atoms with Crippen LogP contribution in [0.3, 0.4) is 0 Å². The van der Waals surface area contributed by atoms with Crippen molar-refractivity contribution in [2.24, 2.45) is 0 Å². The number of aryl methyl sites for hydroxylation is 1. The molecular formula is C20H16BrFN2O3. The fourth-order valence-electron chi connectivity index (χ4n) is 2.50. The minimum Gasteiger partial charge on any atom is -0.449 e. The number of hydrogen-bond donors (Lipinski definition) is 1. The van der Waals surface area contributed by atoms with E-state index >= 15 is 0 Å². The van der Waals surface area contributed by atoms with Crippen LogP contribution in [-0.4, -0.2) is 23.0 Å². The Morgan fingerprint density at radius 1 is 1.15 bits per heavy atom. The lowest BCUT2D eigenvalue weighted by atomic mass is 10.1. The van der Waals surface area contributed by atoms with Crippen molar-refractivity contribution >= 4 is 44.4 Å². The molecule has 0 radical (unpaired) electrons. The summed E-state index contributed by atoms with van der Waals surface area (Å²) in [5.74, 6) is -1.51. The summed E-state index contributed by atoms with van der Waals surface area (Å²) in [6.07, 6.45) is -0.996. The van der Waals surface area contributed by atoms with Gasteiger partial charge in [0, 0.05) is 21.6 Å². The molecular weight excluding hydrogens is 415 g/mol. The number of nitrogens with zero attached hydrogens (tertiary/aromatic N) is 1. The van der Waals surface area contributed by atoms with Gasteiger partial charge in [-0.3, -0.25) is 9.78 Å². The molecule has 0 saturated heterocycles. The number of aromatic nitrogens is 1. The average Bonchev–Trinajstić information content (AvgIpc) is 2.62. The highest BCUT2D eigenvalue weighted by Gasteiger charge is 2.21. The Kier molecular flexibility index (Phi) is 5.51. The first kappa shape index (κ1) is 19.0. The number of nitrogens with one attached hydrogen (secondary N) is 1. The topological polar surface area (TPSA) is 68.3 Å². The van der Waals surface area contributed by atoms with Gasteiger partial charge in [0.2, 0.25) is 0 Å². The number of carbonyl (C=O) groups excluding carboxylic acids is 2. The standard InChI is InChI=1S/C20H16BrFN2O3/c1-11-17(9-13-3-6-15(22)10-18(13)23-11)20(26)27-12(2)19(25)24-16-7-4-14(21)5-8-16/h3-10,12H,1-2H3,(H,24,25). The van der Waals surface area contributed by atoms with Crippen molar-refractivity contribution in [3.05, 3.63) is 70.1 Å². The quantitative estimate of drug-likeness (QED) is 0.612. The lowest BCUT2D eigenvalue weighted by Crippen LogP contribution is -2.30. The van der Waals surface area contributed by atoms with Gasteiger partial charge in [-0.05, 0) is 56.3 Å². The van der Waals surface area contributed by atoms with Crippen LogP contribution in [0.4, 0.5) is 10.1 Å². The van der Waals surface area contributed by atoms with Crippen LogP contribution < -0.4 is 5.32 Å². The van der Waals surface area contributed by atoms with Crippen LogP contribution in [0.2, 0.25) is 0 Å². The van der Waals surface area contributed by atoms with Gasteiger partial charge in [-0.2, -0.15) is 0 Å². The number of halogens is 2. The number of carbonyl (C=O) groups is 2. The molecule has 5 nitrogen and oxygen atoms in total. The van der Waals surface area contributed by atoms with Crippen LogP contribution in [0.5, 0.6) is 0 Å². The number of amides is 1. The zero-order valence-electron chi connectivity index (χ0n) is 14.6. The van der Waals surface area contributed by atoms with Gasteiger partial charge in [-0.15, -0.1) is 0 Å². The van der Waals surface area contributed by atoms with E-state index in [1.807, 2.05) is 0 Å². The summed E-state index contributed by atoms with van der Waals surface area (Å²) in [7, 11) is 0. The van der Waals surface area contributed by atoms with Crippen LogP contribution in [-0.2, 0) is 9.53 Å². The zero-order chi connectivity index (χ0) is 19.6. The molecule has 0 bridgehead atoms. The van der Waals surface area contributed by atoms with Crippen molar-refractivity contribution < 1.29 is 18.7 Å². The van der Waals surface area contributed by atoms with E-state index in [1.54, 1.807) is 37.3 Å². The molecule has 3 aromatic rings. The molecule has 1 atom stereocenters. The van der Waals surface area contributed by atoms with E-state index in [4.69, 9.17) is 4.74 Å². The van der Waals surface area contributed by atoms with Gasteiger partial charge in [0.15, 0.2) is 6.10 Å². The van der Waals surface area contributed by atoms with Gasteiger partial charge in [0.25, 0.3) is 5.91 Å². The van der Waals surface area contributed by atoms with Crippen LogP contribution in [0.15, 0.2) is 53.0 Å². The number of hydrogen-bond acceptors (Lipinski definition) is 4. The summed E-state index contributed by atoms with van der Waals surface area (Å²) < 4.78 is 19.5. The lowest BCUT2D eigenvalue weighted by molar-refractivity contribution is -0.123. The number of pyridine rings is 1. The summed E-state index contributed by atoms with van der Waals surface area (Å²) in [6, 6.07) is 12.8. The molecule has 0 fully saturated rings. The molecule has 27 heavy (non-hydrogen) atoms. The van der Waals surface area contributed by atoms with Crippen LogP contribution in [0.25, 0.3) is 10.9 Å². The molecule has 0 spiro atoms. The Hall–Kier alpha value is -2.80. The molecule has 0 aliphatic heterocycles. The van der Waals surface area contributed by atoms with E-state index in [9.17, 15) is 14.0 Å². The summed E-state index contributed by atoms with van der Waals surface area (Å²) >= 11 is 3.32. The van der Waals surface area contributed by atoms with Crippen molar-refractivity contribution in [2.45, 2.75) is 20.0 Å². The van der Waals surface area contributed by atoms with Crippen LogP contribution in [0, 0.1) is 12.7 Å². The summed E-state index contributed by atoms with van der Waals surface area (Å²) in [5.41, 5.74) is 1.68. The highest BCUT2D eigenvalue weighted by Crippen LogP contribution is 2.19. The van der Waals surface area contributed by atoms with E-state index in [2.05, 4.69) is 26.2 Å². The summed E-state index contributed by atoms with van der Waals surface area (Å²) in [5, 5.41) is 3.29. The van der Waals surface area contributed by atoms with Gasteiger partial charge >= 0.3 is 5.97 Å². The third-order valence-electron chi connectivity index (χ3n) is 3.95. The number of fused-ring (bicyclic) bond motifs is 1. The highest BCUT2D eigenvalue weighted by atomic mass is 79.9. The maximum atomic E-state index is 13.3. The predicted molar refractivity (Wildman–Crippen MR) is 104 cm³/mol. The number of anilines is 1. The number of benzene rings is 2. The first-order chi connectivity index (χ1) is 12.8. The molecule has 0 aliphatic carbocycles. The second-order valence-electron chi connectivity index (χ2n) is 6.00. The molecule has 138 valence electrons. The molecule has 1 heterocycles. The molecule has 1 unspecified atom stereocenters. The van der Waals surface area contributed by atoms with E-state index in [-0.39, 0.29) is 5.56 Å². The third kappa shape index (κ3) is 4.49. The minimum absolute atomic E-state index is 0.234. The molecule has 0 aliphatic rings. The summed E-state index contributed by atoms with van der Waals surface area (Å²) in [6.45, 7) is 3.12. The Bertz CT molecular complexity index is 1020. The van der Waals surface area contributed by atoms with E-state index < -0.39 is 23.8 Å². The Balaban J connectivity index is 1.73. The number of esters is 1. The first-order valence-electron chi connectivity index (χ1n) is 8.18. The van der Waals surface area contributed by atoms with Crippen molar-refractivity contribution in [3.8, 4) is 0 Å². The largest absolute Gasteiger partial charge is 0.449 e. The number of rotatable bonds is 4. The molecule has 1 amide bonds. The van der Waals surface area contributed by atoms with Crippen molar-refractivity contribution in [1.29, 1.82) is 0 Å². The van der Waals surface area contributed by atoms with Crippen LogP contribution in [0.1, 0.15) is 23.0 Å². The maximum absolute atomic E-state index is 13.3. The Morgan fingerprint density at radius 2 is 1.85 bits per heavy atom. The molecule has 7 heteroatoms. The van der Waals surface area contributed by atoms with E-state index in [0.717, 1.165) is 4.47 Å². The highest BCUT2D eigenvalue weighted by molar-refractivity contribution is 9.10. The second-order valence-corrected chi connectivity index (χ2v) is 6.92. The first-order valence-corrected chi connectivity index (χ1v) is 8.97. The Morgan fingerprint density at radius 3 is 2.56 bits per heavy atom. The molecule has 2 aromatic carbocycles. The van der Waals surface area contributed by atoms with Gasteiger partial charge in [-0.25, -0.2) is 9.18 Å². The molecule has 0 saturated carbocycles. The second kappa shape index (κ2) is 7.84. The van der Waals surface area contributed by atoms with Gasteiger partial charge in [0.1, 0.15) is 5.82 Å². The fourth-order valence-corrected chi connectivity index (χ4v) is 2.76. The summed E-state index contributed by atoms with van der Waals surface area (Å²) in [4.78, 5) is 28.9. The minimum atomic E-state index is -0.996. The third-order valence-corrected chi connectivity index (χ3v) is 4.48. The smallest absolute Gasteiger partial charge is 0.340 e. The predicted octanol–water partition coefficient (Wildman–Crippen LogP) is 4.63. The lowest BCUT2D eigenvalue weighted by Gasteiger charge is -2.14. The maximum Gasteiger partial charge on any atom is 0.340 e. The SMILES string of the molecule is Cc1nc2cc(F)ccc2cc1C(=O)OC(C)C(=O)Nc1ccc(Br)cc1. The molecule has 1 N–H and O–H groups in total. The Labute approximate surface area is 163 Å². The molecule has 1 aromatic heterocycles. The average molecular weight is 431 g/mol. The van der Waals surface area contributed by atoms with E-state index in [1.165, 1.54) is 25.1 Å². The van der Waals surface area contributed by atoms with Gasteiger partial charge < -0.3 is 10.1 Å². The van der Waals surface area contributed by atoms with Crippen molar-refractivity contribution in [2.75, 3.05) is 5.32 Å². The molecule has 3 rings (SSSR count). The van der Waals surface area contributed by atoms with Crippen molar-refractivity contribution in [1.82, 2.24) is 4.98 Å². The van der Waals surface area contributed by atoms with Crippen LogP contribution >= 0.6 is 15.9 Å². The van der Waals surface area contributed by atoms with Gasteiger partial charge in [0.05, 0.1) is 16.8 Å². The zero-order valence-corrected chi connectivity index (χ0v) is 16.2. The monoisotopic (exact) mass is 430 g/mol. The fraction of sp³-hybridized carbons (Fsp3) is 0.150. The van der Waals surface area contributed by atoms with Crippen molar-refractivity contribution in [3.63, 3.8) is 0 Å². The van der Waals surface area contributed by atoms with E-state index in [0.29, 0.717) is 22.3 Å². The number of ether oxygens (including phenoxy) is 1.